The van der Waals surface area contributed by atoms with Crippen LogP contribution in [0.15, 0.2) is 42.6 Å². The van der Waals surface area contributed by atoms with E-state index in [0.717, 1.165) is 11.3 Å². The van der Waals surface area contributed by atoms with E-state index in [9.17, 15) is 9.59 Å². The SMILES string of the molecule is COc1ccc(C)cc1NC(=O)C(C)(C)C(=O)NCc1ccccn1. The number of carbonyl (C=O) groups excluding carboxylic acids is 2. The molecule has 6 nitrogen and oxygen atoms in total. The molecule has 2 N–H and O–H groups in total. The summed E-state index contributed by atoms with van der Waals surface area (Å²) in [5.41, 5.74) is 1.00. The Labute approximate surface area is 147 Å². The number of benzene rings is 1. The topological polar surface area (TPSA) is 80.3 Å². The van der Waals surface area contributed by atoms with Crippen molar-refractivity contribution in [3.8, 4) is 5.75 Å². The van der Waals surface area contributed by atoms with Crippen LogP contribution in [0.1, 0.15) is 25.1 Å². The second-order valence-corrected chi connectivity index (χ2v) is 6.29. The monoisotopic (exact) mass is 341 g/mol. The molecule has 2 rings (SSSR count). The lowest BCUT2D eigenvalue weighted by atomic mass is 9.90. The molecular weight excluding hydrogens is 318 g/mol. The second-order valence-electron chi connectivity index (χ2n) is 6.29. The third-order valence-electron chi connectivity index (χ3n) is 3.89. The van der Waals surface area contributed by atoms with Gasteiger partial charge >= 0.3 is 0 Å². The maximum atomic E-state index is 12.6. The van der Waals surface area contributed by atoms with Gasteiger partial charge in [0.1, 0.15) is 11.2 Å². The minimum absolute atomic E-state index is 0.268. The van der Waals surface area contributed by atoms with E-state index in [1.54, 1.807) is 38.2 Å². The minimum Gasteiger partial charge on any atom is -0.495 e. The second kappa shape index (κ2) is 7.79. The largest absolute Gasteiger partial charge is 0.495 e. The van der Waals surface area contributed by atoms with Crippen molar-refractivity contribution in [3.05, 3.63) is 53.9 Å². The molecule has 0 saturated heterocycles. The number of pyridine rings is 1. The predicted molar refractivity (Wildman–Crippen MR) is 96.2 cm³/mol. The molecule has 1 aromatic carbocycles. The number of nitrogens with one attached hydrogen (secondary N) is 2. The zero-order chi connectivity index (χ0) is 18.4. The van der Waals surface area contributed by atoms with E-state index in [1.165, 1.54) is 7.11 Å². The van der Waals surface area contributed by atoms with E-state index >= 15 is 0 Å². The Morgan fingerprint density at radius 1 is 1.16 bits per heavy atom. The van der Waals surface area contributed by atoms with Gasteiger partial charge < -0.3 is 15.4 Å². The van der Waals surface area contributed by atoms with Gasteiger partial charge in [-0.15, -0.1) is 0 Å². The summed E-state index contributed by atoms with van der Waals surface area (Å²) in [5, 5.41) is 5.53. The average molecular weight is 341 g/mol. The Morgan fingerprint density at radius 3 is 2.56 bits per heavy atom. The lowest BCUT2D eigenvalue weighted by molar-refractivity contribution is -0.138. The van der Waals surface area contributed by atoms with E-state index in [0.29, 0.717) is 11.4 Å². The zero-order valence-electron chi connectivity index (χ0n) is 14.9. The van der Waals surface area contributed by atoms with Crippen LogP contribution in [0.3, 0.4) is 0 Å². The third kappa shape index (κ3) is 4.56. The van der Waals surface area contributed by atoms with Gasteiger partial charge in [0.15, 0.2) is 0 Å². The van der Waals surface area contributed by atoms with Crippen molar-refractivity contribution in [2.24, 2.45) is 5.41 Å². The number of ether oxygens (including phenoxy) is 1. The Morgan fingerprint density at radius 2 is 1.92 bits per heavy atom. The fourth-order valence-electron chi connectivity index (χ4n) is 2.20. The van der Waals surface area contributed by atoms with Crippen molar-refractivity contribution >= 4 is 17.5 Å². The summed E-state index contributed by atoms with van der Waals surface area (Å²) in [7, 11) is 1.53. The number of anilines is 1. The summed E-state index contributed by atoms with van der Waals surface area (Å²) in [6, 6.07) is 10.9. The molecule has 2 aromatic rings. The van der Waals surface area contributed by atoms with Crippen LogP contribution < -0.4 is 15.4 Å². The van der Waals surface area contributed by atoms with Crippen molar-refractivity contribution in [1.29, 1.82) is 0 Å². The number of amides is 2. The Balaban J connectivity index is 2.06. The van der Waals surface area contributed by atoms with E-state index in [-0.39, 0.29) is 12.5 Å². The van der Waals surface area contributed by atoms with Crippen molar-refractivity contribution in [2.45, 2.75) is 27.3 Å². The summed E-state index contributed by atoms with van der Waals surface area (Å²) in [6.45, 7) is 5.35. The molecule has 0 aliphatic rings. The van der Waals surface area contributed by atoms with Gasteiger partial charge in [0, 0.05) is 6.20 Å². The van der Waals surface area contributed by atoms with Crippen molar-refractivity contribution in [2.75, 3.05) is 12.4 Å². The number of methoxy groups -OCH3 is 1. The standard InChI is InChI=1S/C19H23N3O3/c1-13-8-9-16(25-4)15(11-13)22-18(24)19(2,3)17(23)21-12-14-7-5-6-10-20-14/h5-11H,12H2,1-4H3,(H,21,23)(H,22,24). The van der Waals surface area contributed by atoms with Crippen molar-refractivity contribution in [1.82, 2.24) is 10.3 Å². The van der Waals surface area contributed by atoms with Crippen molar-refractivity contribution < 1.29 is 14.3 Å². The zero-order valence-corrected chi connectivity index (χ0v) is 14.9. The molecule has 132 valence electrons. The van der Waals surface area contributed by atoms with Gasteiger partial charge in [0.25, 0.3) is 0 Å². The lowest BCUT2D eigenvalue weighted by Gasteiger charge is -2.23. The number of aryl methyl sites for hydroxylation is 1. The minimum atomic E-state index is -1.25. The molecule has 0 bridgehead atoms. The highest BCUT2D eigenvalue weighted by atomic mass is 16.5. The van der Waals surface area contributed by atoms with E-state index in [4.69, 9.17) is 4.74 Å². The number of rotatable bonds is 6. The van der Waals surface area contributed by atoms with Gasteiger partial charge in [-0.1, -0.05) is 12.1 Å². The summed E-state index contributed by atoms with van der Waals surface area (Å²) < 4.78 is 5.26. The molecule has 0 aliphatic heterocycles. The van der Waals surface area contributed by atoms with E-state index < -0.39 is 11.3 Å². The highest BCUT2D eigenvalue weighted by molar-refractivity contribution is 6.10. The molecule has 0 radical (unpaired) electrons. The third-order valence-corrected chi connectivity index (χ3v) is 3.89. The summed E-state index contributed by atoms with van der Waals surface area (Å²) in [4.78, 5) is 29.2. The fraction of sp³-hybridized carbons (Fsp3) is 0.316. The molecular formula is C19H23N3O3. The van der Waals surface area contributed by atoms with Crippen LogP contribution in [0.2, 0.25) is 0 Å². The number of hydrogen-bond acceptors (Lipinski definition) is 4. The van der Waals surface area contributed by atoms with Crippen molar-refractivity contribution in [3.63, 3.8) is 0 Å². The Hall–Kier alpha value is -2.89. The highest BCUT2D eigenvalue weighted by Gasteiger charge is 2.36. The Bertz CT molecular complexity index is 758. The molecule has 6 heteroatoms. The first-order valence-electron chi connectivity index (χ1n) is 7.99. The smallest absolute Gasteiger partial charge is 0.239 e. The normalized spacial score (nSPS) is 10.9. The quantitative estimate of drug-likeness (QED) is 0.792. The Kier molecular flexibility index (Phi) is 5.75. The van der Waals surface area contributed by atoms with Gasteiger partial charge in [-0.2, -0.15) is 0 Å². The van der Waals surface area contributed by atoms with Gasteiger partial charge in [0.05, 0.1) is 25.0 Å². The molecule has 0 saturated carbocycles. The molecule has 0 spiro atoms. The van der Waals surface area contributed by atoms with Gasteiger partial charge in [-0.3, -0.25) is 14.6 Å². The molecule has 25 heavy (non-hydrogen) atoms. The van der Waals surface area contributed by atoms with Crippen LogP contribution in [0.5, 0.6) is 5.75 Å². The molecule has 1 aromatic heterocycles. The number of aromatic nitrogens is 1. The van der Waals surface area contributed by atoms with Crippen LogP contribution in [-0.4, -0.2) is 23.9 Å². The van der Waals surface area contributed by atoms with Crippen LogP contribution in [-0.2, 0) is 16.1 Å². The molecule has 0 unspecified atom stereocenters. The number of carbonyl (C=O) groups is 2. The summed E-state index contributed by atoms with van der Waals surface area (Å²) >= 11 is 0. The number of nitrogens with zero attached hydrogens (tertiary/aromatic N) is 1. The molecule has 1 heterocycles. The molecule has 2 amide bonds. The van der Waals surface area contributed by atoms with Gasteiger partial charge in [-0.25, -0.2) is 0 Å². The maximum absolute atomic E-state index is 12.6. The predicted octanol–water partition coefficient (Wildman–Crippen LogP) is 2.68. The summed E-state index contributed by atoms with van der Waals surface area (Å²) in [5.74, 6) is -0.235. The molecule has 0 fully saturated rings. The van der Waals surface area contributed by atoms with Crippen LogP contribution >= 0.6 is 0 Å². The first kappa shape index (κ1) is 18.4. The first-order chi connectivity index (χ1) is 11.8. The maximum Gasteiger partial charge on any atom is 0.239 e. The number of hydrogen-bond donors (Lipinski definition) is 2. The molecule has 0 aliphatic carbocycles. The van der Waals surface area contributed by atoms with Crippen LogP contribution in [0, 0.1) is 12.3 Å². The van der Waals surface area contributed by atoms with E-state index in [2.05, 4.69) is 15.6 Å². The fourth-order valence-corrected chi connectivity index (χ4v) is 2.20. The highest BCUT2D eigenvalue weighted by Crippen LogP contribution is 2.27. The van der Waals surface area contributed by atoms with Gasteiger partial charge in [-0.05, 0) is 50.6 Å². The van der Waals surface area contributed by atoms with Crippen LogP contribution in [0.25, 0.3) is 0 Å². The first-order valence-corrected chi connectivity index (χ1v) is 7.99. The van der Waals surface area contributed by atoms with E-state index in [1.807, 2.05) is 25.1 Å². The average Bonchev–Trinajstić information content (AvgIpc) is 2.60. The van der Waals surface area contributed by atoms with Crippen LogP contribution in [0.4, 0.5) is 5.69 Å². The summed E-state index contributed by atoms with van der Waals surface area (Å²) in [6.07, 6.45) is 1.66. The lowest BCUT2D eigenvalue weighted by Crippen LogP contribution is -2.45. The van der Waals surface area contributed by atoms with Gasteiger partial charge in [0.2, 0.25) is 11.8 Å². The molecule has 0 atom stereocenters.